The number of aryl methyl sites for hydroxylation is 4. The number of aliphatic hydroxyl groups is 1. The van der Waals surface area contributed by atoms with E-state index in [0.29, 0.717) is 29.8 Å². The molecule has 39 heavy (non-hydrogen) atoms. The molecule has 0 radical (unpaired) electrons. The molecule has 5 rings (SSSR count). The Morgan fingerprint density at radius 1 is 1.00 bits per heavy atom. The first kappa shape index (κ1) is 26.1. The van der Waals surface area contributed by atoms with Crippen LogP contribution in [0.1, 0.15) is 52.2 Å². The van der Waals surface area contributed by atoms with Gasteiger partial charge in [0.05, 0.1) is 23.8 Å². The lowest BCUT2D eigenvalue weighted by atomic mass is 9.79. The molecule has 0 spiro atoms. The first-order valence-corrected chi connectivity index (χ1v) is 13.0. The minimum absolute atomic E-state index is 0.171. The normalized spacial score (nSPS) is 11.6. The van der Waals surface area contributed by atoms with E-state index in [1.165, 1.54) is 7.11 Å². The van der Waals surface area contributed by atoms with Crippen LogP contribution in [-0.2, 0) is 18.7 Å². The average Bonchev–Trinajstić information content (AvgIpc) is 3.56. The largest absolute Gasteiger partial charge is 0.480 e. The Balaban J connectivity index is 1.72. The number of methoxy groups -OCH3 is 1. The highest BCUT2D eigenvalue weighted by molar-refractivity contribution is 6.06. The molecule has 200 valence electrons. The van der Waals surface area contributed by atoms with E-state index in [9.17, 15) is 9.90 Å². The molecule has 0 bridgehead atoms. The van der Waals surface area contributed by atoms with Gasteiger partial charge >= 0.3 is 0 Å². The average molecular weight is 525 g/mol. The van der Waals surface area contributed by atoms with Gasteiger partial charge in [0.1, 0.15) is 11.9 Å². The minimum Gasteiger partial charge on any atom is -0.480 e. The number of rotatable bonds is 8. The summed E-state index contributed by atoms with van der Waals surface area (Å²) < 4.78 is 9.15. The summed E-state index contributed by atoms with van der Waals surface area (Å²) in [6.07, 6.45) is 1.56. The van der Waals surface area contributed by atoms with Gasteiger partial charge in [-0.25, -0.2) is 9.97 Å². The van der Waals surface area contributed by atoms with Crippen molar-refractivity contribution in [3.05, 3.63) is 101 Å². The van der Waals surface area contributed by atoms with E-state index in [2.05, 4.69) is 15.4 Å². The Morgan fingerprint density at radius 3 is 2.18 bits per heavy atom. The zero-order valence-electron chi connectivity index (χ0n) is 22.8. The zero-order chi connectivity index (χ0) is 27.7. The molecule has 0 saturated carbocycles. The Bertz CT molecular complexity index is 1620. The number of fused-ring (bicyclic) bond motifs is 1. The molecule has 2 N–H and O–H groups in total. The van der Waals surface area contributed by atoms with Gasteiger partial charge in [0.2, 0.25) is 11.8 Å². The Hall–Kier alpha value is -4.50. The summed E-state index contributed by atoms with van der Waals surface area (Å²) >= 11 is 0. The van der Waals surface area contributed by atoms with Crippen LogP contribution in [0, 0.1) is 13.8 Å². The fourth-order valence-corrected chi connectivity index (χ4v) is 5.17. The third kappa shape index (κ3) is 4.44. The monoisotopic (exact) mass is 524 g/mol. The quantitative estimate of drug-likeness (QED) is 0.301. The van der Waals surface area contributed by atoms with E-state index >= 15 is 0 Å². The van der Waals surface area contributed by atoms with Gasteiger partial charge in [-0.1, -0.05) is 48.5 Å². The number of hydrogen-bond acceptors (Lipinski definition) is 6. The number of carbonyl (C=O) groups is 1. The van der Waals surface area contributed by atoms with Crippen LogP contribution >= 0.6 is 0 Å². The van der Waals surface area contributed by atoms with Crippen molar-refractivity contribution < 1.29 is 14.6 Å². The Labute approximate surface area is 227 Å². The predicted octanol–water partition coefficient (Wildman–Crippen LogP) is 4.83. The molecule has 0 aliphatic carbocycles. The molecule has 0 atom stereocenters. The van der Waals surface area contributed by atoms with Crippen LogP contribution in [-0.4, -0.2) is 42.4 Å². The van der Waals surface area contributed by atoms with Gasteiger partial charge in [0, 0.05) is 13.1 Å². The highest BCUT2D eigenvalue weighted by atomic mass is 16.5. The van der Waals surface area contributed by atoms with Crippen molar-refractivity contribution in [2.24, 2.45) is 0 Å². The maximum atomic E-state index is 13.3. The van der Waals surface area contributed by atoms with E-state index in [4.69, 9.17) is 9.72 Å². The molecule has 0 unspecified atom stereocenters. The van der Waals surface area contributed by atoms with Crippen LogP contribution < -0.4 is 10.1 Å². The maximum Gasteiger partial charge on any atom is 0.263 e. The van der Waals surface area contributed by atoms with E-state index in [1.807, 2.05) is 86.9 Å². The van der Waals surface area contributed by atoms with E-state index in [1.54, 1.807) is 17.1 Å². The van der Waals surface area contributed by atoms with Crippen molar-refractivity contribution in [1.29, 1.82) is 0 Å². The Morgan fingerprint density at radius 2 is 1.64 bits per heavy atom. The summed E-state index contributed by atoms with van der Waals surface area (Å²) in [7, 11) is 1.48. The molecule has 0 aliphatic heterocycles. The summed E-state index contributed by atoms with van der Waals surface area (Å²) in [5.41, 5.74) is 4.20. The molecule has 0 aliphatic rings. The topological polar surface area (TPSA) is 107 Å². The van der Waals surface area contributed by atoms with Crippen molar-refractivity contribution in [2.45, 2.75) is 46.4 Å². The van der Waals surface area contributed by atoms with Crippen molar-refractivity contribution in [3.8, 4) is 5.88 Å². The number of anilines is 1. The van der Waals surface area contributed by atoms with Gasteiger partial charge in [-0.05, 0) is 62.1 Å². The van der Waals surface area contributed by atoms with E-state index in [0.717, 1.165) is 22.3 Å². The molecule has 9 nitrogen and oxygen atoms in total. The van der Waals surface area contributed by atoms with E-state index < -0.39 is 11.5 Å². The molecule has 1 amide bonds. The van der Waals surface area contributed by atoms with Crippen molar-refractivity contribution in [1.82, 2.24) is 24.3 Å². The lowest BCUT2D eigenvalue weighted by Gasteiger charge is -2.33. The predicted molar refractivity (Wildman–Crippen MR) is 150 cm³/mol. The molecule has 2 aromatic carbocycles. The van der Waals surface area contributed by atoms with Gasteiger partial charge in [0.15, 0.2) is 5.60 Å². The van der Waals surface area contributed by atoms with Crippen LogP contribution in [0.15, 0.2) is 67.0 Å². The van der Waals surface area contributed by atoms with Crippen molar-refractivity contribution in [3.63, 3.8) is 0 Å². The number of nitrogens with one attached hydrogen (secondary N) is 1. The van der Waals surface area contributed by atoms with Crippen LogP contribution in [0.2, 0.25) is 0 Å². The highest BCUT2D eigenvalue weighted by Crippen LogP contribution is 2.42. The Kier molecular flexibility index (Phi) is 6.93. The number of aromatic nitrogens is 5. The number of carbonyl (C=O) groups excluding carboxylic acids is 1. The van der Waals surface area contributed by atoms with Crippen molar-refractivity contribution in [2.75, 3.05) is 12.4 Å². The number of pyridine rings is 1. The van der Waals surface area contributed by atoms with Crippen LogP contribution in [0.4, 0.5) is 5.95 Å². The van der Waals surface area contributed by atoms with Crippen LogP contribution in [0.3, 0.4) is 0 Å². The molecular formula is C30H32N6O3. The standard InChI is InChI=1S/C30H32N6O3/c1-6-35-18-31-29(34-35)33-27(37)21-16-25-24(32-28(21)39-5)17-26(36(25)7-2)30(38,22-14-10-8-12-19(22)3)23-15-11-9-13-20(23)4/h8-18,38H,6-7H2,1-5H3,(H,33,34,37). The fraction of sp³-hybridized carbons (Fsp3) is 0.267. The van der Waals surface area contributed by atoms with Gasteiger partial charge in [-0.15, -0.1) is 5.10 Å². The lowest BCUT2D eigenvalue weighted by Crippen LogP contribution is -2.33. The first-order valence-electron chi connectivity index (χ1n) is 13.0. The number of nitrogens with zero attached hydrogens (tertiary/aromatic N) is 5. The van der Waals surface area contributed by atoms with Gasteiger partial charge in [0.25, 0.3) is 5.91 Å². The summed E-state index contributed by atoms with van der Waals surface area (Å²) in [6.45, 7) is 9.11. The van der Waals surface area contributed by atoms with E-state index in [-0.39, 0.29) is 17.4 Å². The summed E-state index contributed by atoms with van der Waals surface area (Å²) in [6, 6.07) is 19.3. The maximum absolute atomic E-state index is 13.3. The molecule has 3 heterocycles. The molecule has 0 saturated heterocycles. The second-order valence-electron chi connectivity index (χ2n) is 9.44. The smallest absolute Gasteiger partial charge is 0.263 e. The molecule has 5 aromatic rings. The number of hydrogen-bond donors (Lipinski definition) is 2. The number of ether oxygens (including phenoxy) is 1. The molecular weight excluding hydrogens is 492 g/mol. The second-order valence-corrected chi connectivity index (χ2v) is 9.44. The van der Waals surface area contributed by atoms with Crippen LogP contribution in [0.5, 0.6) is 5.88 Å². The molecule has 3 aromatic heterocycles. The highest BCUT2D eigenvalue weighted by Gasteiger charge is 2.39. The van der Waals surface area contributed by atoms with Crippen molar-refractivity contribution >= 4 is 22.9 Å². The molecule has 9 heteroatoms. The number of amides is 1. The first-order chi connectivity index (χ1) is 18.8. The van der Waals surface area contributed by atoms with Gasteiger partial charge in [-0.2, -0.15) is 0 Å². The summed E-state index contributed by atoms with van der Waals surface area (Å²) in [5.74, 6) is -0.0670. The fourth-order valence-electron chi connectivity index (χ4n) is 5.17. The third-order valence-electron chi connectivity index (χ3n) is 7.13. The van der Waals surface area contributed by atoms with Crippen LogP contribution in [0.25, 0.3) is 11.0 Å². The second kappa shape index (κ2) is 10.3. The molecule has 0 fully saturated rings. The van der Waals surface area contributed by atoms with Gasteiger partial charge < -0.3 is 14.4 Å². The lowest BCUT2D eigenvalue weighted by molar-refractivity contribution is 0.102. The SMILES string of the molecule is CCn1cnc(NC(=O)c2cc3c(cc(C(O)(c4ccccc4C)c4ccccc4C)n3CC)nc2OC)n1. The minimum atomic E-state index is -1.47. The number of benzene rings is 2. The van der Waals surface area contributed by atoms with Gasteiger partial charge in [-0.3, -0.25) is 14.8 Å². The summed E-state index contributed by atoms with van der Waals surface area (Å²) in [4.78, 5) is 22.1. The third-order valence-corrected chi connectivity index (χ3v) is 7.13. The summed E-state index contributed by atoms with van der Waals surface area (Å²) in [5, 5.41) is 19.7. The zero-order valence-corrected chi connectivity index (χ0v) is 22.8.